The van der Waals surface area contributed by atoms with Gasteiger partial charge in [-0.1, -0.05) is 24.3 Å². The third-order valence-electron chi connectivity index (χ3n) is 6.23. The highest BCUT2D eigenvalue weighted by molar-refractivity contribution is 5.93. The molecule has 0 spiro atoms. The van der Waals surface area contributed by atoms with Crippen LogP contribution in [0.5, 0.6) is 11.5 Å². The van der Waals surface area contributed by atoms with E-state index in [1.54, 1.807) is 0 Å². The summed E-state index contributed by atoms with van der Waals surface area (Å²) in [7, 11) is 0. The molecule has 1 amide bonds. The van der Waals surface area contributed by atoms with Crippen LogP contribution in [-0.2, 0) is 11.3 Å². The number of benzene rings is 2. The monoisotopic (exact) mass is 447 g/mol. The molecule has 2 aliphatic heterocycles. The van der Waals surface area contributed by atoms with E-state index in [1.165, 1.54) is 5.56 Å². The molecule has 1 aromatic heterocycles. The fourth-order valence-corrected chi connectivity index (χ4v) is 4.43. The number of hydrogen-bond donors (Lipinski definition) is 1. The van der Waals surface area contributed by atoms with Gasteiger partial charge in [-0.25, -0.2) is 4.68 Å². The van der Waals surface area contributed by atoms with Gasteiger partial charge in [0, 0.05) is 32.7 Å². The van der Waals surface area contributed by atoms with Gasteiger partial charge in [0.2, 0.25) is 12.7 Å². The third-order valence-corrected chi connectivity index (χ3v) is 6.23. The highest BCUT2D eigenvalue weighted by Gasteiger charge is 2.22. The Morgan fingerprint density at radius 2 is 1.70 bits per heavy atom. The van der Waals surface area contributed by atoms with Crippen LogP contribution < -0.4 is 14.8 Å². The fourth-order valence-electron chi connectivity index (χ4n) is 4.43. The number of fused-ring (bicyclic) bond motifs is 1. The first-order chi connectivity index (χ1) is 16.1. The summed E-state index contributed by atoms with van der Waals surface area (Å²) >= 11 is 0. The van der Waals surface area contributed by atoms with Gasteiger partial charge in [-0.2, -0.15) is 5.10 Å². The summed E-state index contributed by atoms with van der Waals surface area (Å²) in [5.41, 5.74) is 4.74. The molecule has 3 heterocycles. The maximum Gasteiger partial charge on any atom is 0.238 e. The van der Waals surface area contributed by atoms with Gasteiger partial charge in [-0.05, 0) is 43.7 Å². The number of ether oxygens (including phenoxy) is 2. The zero-order valence-electron chi connectivity index (χ0n) is 19.1. The average Bonchev–Trinajstić information content (AvgIpc) is 3.40. The molecule has 3 aromatic rings. The SMILES string of the molecule is Cc1nn(-c2ccccc2)c(C)c1NC(=O)CN1CCN(Cc2ccc3c(c2)OCO3)CC1. The van der Waals surface area contributed by atoms with Gasteiger partial charge in [-0.3, -0.25) is 14.6 Å². The van der Waals surface area contributed by atoms with E-state index in [0.717, 1.165) is 67.0 Å². The van der Waals surface area contributed by atoms with E-state index >= 15 is 0 Å². The van der Waals surface area contributed by atoms with Crippen molar-refractivity contribution in [2.45, 2.75) is 20.4 Å². The minimum Gasteiger partial charge on any atom is -0.454 e. The quantitative estimate of drug-likeness (QED) is 0.627. The number of carbonyl (C=O) groups is 1. The van der Waals surface area contributed by atoms with Crippen molar-refractivity contribution in [1.29, 1.82) is 0 Å². The molecule has 1 N–H and O–H groups in total. The van der Waals surface area contributed by atoms with Crippen molar-refractivity contribution >= 4 is 11.6 Å². The van der Waals surface area contributed by atoms with E-state index in [0.29, 0.717) is 13.3 Å². The largest absolute Gasteiger partial charge is 0.454 e. The van der Waals surface area contributed by atoms with Gasteiger partial charge in [-0.15, -0.1) is 0 Å². The molecular weight excluding hydrogens is 418 g/mol. The van der Waals surface area contributed by atoms with Crippen molar-refractivity contribution < 1.29 is 14.3 Å². The second-order valence-electron chi connectivity index (χ2n) is 8.58. The lowest BCUT2D eigenvalue weighted by molar-refractivity contribution is -0.117. The van der Waals surface area contributed by atoms with Crippen molar-refractivity contribution in [3.8, 4) is 17.2 Å². The molecule has 8 nitrogen and oxygen atoms in total. The van der Waals surface area contributed by atoms with Crippen LogP contribution in [-0.4, -0.2) is 65.0 Å². The molecule has 0 saturated carbocycles. The van der Waals surface area contributed by atoms with E-state index < -0.39 is 0 Å². The number of para-hydroxylation sites is 1. The number of aromatic nitrogens is 2. The van der Waals surface area contributed by atoms with Crippen LogP contribution in [0.1, 0.15) is 17.0 Å². The summed E-state index contributed by atoms with van der Waals surface area (Å²) in [5, 5.41) is 7.70. The summed E-state index contributed by atoms with van der Waals surface area (Å²) in [4.78, 5) is 17.4. The van der Waals surface area contributed by atoms with Gasteiger partial charge in [0.05, 0.1) is 29.3 Å². The van der Waals surface area contributed by atoms with E-state index in [2.05, 4.69) is 32.3 Å². The average molecular weight is 448 g/mol. The van der Waals surface area contributed by atoms with Crippen LogP contribution >= 0.6 is 0 Å². The first kappa shape index (κ1) is 21.5. The van der Waals surface area contributed by atoms with Crippen molar-refractivity contribution in [3.63, 3.8) is 0 Å². The Bertz CT molecular complexity index is 1140. The predicted octanol–water partition coefficient (Wildman–Crippen LogP) is 2.97. The predicted molar refractivity (Wildman–Crippen MR) is 126 cm³/mol. The number of aryl methyl sites for hydroxylation is 1. The maximum absolute atomic E-state index is 12.8. The molecule has 0 radical (unpaired) electrons. The Balaban J connectivity index is 1.13. The van der Waals surface area contributed by atoms with Crippen LogP contribution in [0.25, 0.3) is 5.69 Å². The van der Waals surface area contributed by atoms with Crippen LogP contribution in [0.4, 0.5) is 5.69 Å². The minimum absolute atomic E-state index is 0.00182. The molecular formula is C25H29N5O3. The number of rotatable bonds is 6. The van der Waals surface area contributed by atoms with E-state index in [-0.39, 0.29) is 5.91 Å². The molecule has 0 aliphatic carbocycles. The molecule has 1 fully saturated rings. The molecule has 5 rings (SSSR count). The molecule has 1 saturated heterocycles. The number of nitrogens with one attached hydrogen (secondary N) is 1. The first-order valence-corrected chi connectivity index (χ1v) is 11.3. The van der Waals surface area contributed by atoms with E-state index in [4.69, 9.17) is 9.47 Å². The van der Waals surface area contributed by atoms with Crippen molar-refractivity contribution in [1.82, 2.24) is 19.6 Å². The Kier molecular flexibility index (Phi) is 6.02. The second-order valence-corrected chi connectivity index (χ2v) is 8.58. The topological polar surface area (TPSA) is 71.9 Å². The number of carbonyl (C=O) groups excluding carboxylic acids is 1. The second kappa shape index (κ2) is 9.25. The van der Waals surface area contributed by atoms with Gasteiger partial charge in [0.25, 0.3) is 0 Å². The number of hydrogen-bond acceptors (Lipinski definition) is 6. The molecule has 8 heteroatoms. The van der Waals surface area contributed by atoms with E-state index in [1.807, 2.05) is 54.9 Å². The van der Waals surface area contributed by atoms with Crippen LogP contribution in [0.3, 0.4) is 0 Å². The Morgan fingerprint density at radius 1 is 0.970 bits per heavy atom. The third kappa shape index (κ3) is 4.72. The summed E-state index contributed by atoms with van der Waals surface area (Å²) in [6.07, 6.45) is 0. The fraction of sp³-hybridized carbons (Fsp3) is 0.360. The maximum atomic E-state index is 12.8. The van der Waals surface area contributed by atoms with Crippen molar-refractivity contribution in [2.75, 3.05) is 44.8 Å². The smallest absolute Gasteiger partial charge is 0.238 e. The highest BCUT2D eigenvalue weighted by Crippen LogP contribution is 2.32. The van der Waals surface area contributed by atoms with Gasteiger partial charge >= 0.3 is 0 Å². The standard InChI is InChI=1S/C25H29N5O3/c1-18-25(19(2)30(27-18)21-6-4-3-5-7-21)26-24(31)16-29-12-10-28(11-13-29)15-20-8-9-22-23(14-20)33-17-32-22/h3-9,14H,10-13,15-17H2,1-2H3,(H,26,31). The van der Waals surface area contributed by atoms with E-state index in [9.17, 15) is 4.79 Å². The molecule has 2 aliphatic rings. The Morgan fingerprint density at radius 3 is 2.48 bits per heavy atom. The molecule has 33 heavy (non-hydrogen) atoms. The number of anilines is 1. The Hall–Kier alpha value is -3.36. The molecule has 172 valence electrons. The van der Waals surface area contributed by atoms with Gasteiger partial charge in [0.1, 0.15) is 0 Å². The summed E-state index contributed by atoms with van der Waals surface area (Å²) < 4.78 is 12.7. The molecule has 0 atom stereocenters. The van der Waals surface area contributed by atoms with Gasteiger partial charge in [0.15, 0.2) is 11.5 Å². The van der Waals surface area contributed by atoms with Crippen molar-refractivity contribution in [3.05, 3.63) is 65.5 Å². The lowest BCUT2D eigenvalue weighted by Crippen LogP contribution is -2.48. The summed E-state index contributed by atoms with van der Waals surface area (Å²) in [6.45, 7) is 9.02. The number of amides is 1. The lowest BCUT2D eigenvalue weighted by atomic mass is 10.1. The lowest BCUT2D eigenvalue weighted by Gasteiger charge is -2.34. The highest BCUT2D eigenvalue weighted by atomic mass is 16.7. The molecule has 0 bridgehead atoms. The zero-order valence-corrected chi connectivity index (χ0v) is 19.1. The van der Waals surface area contributed by atoms with Crippen LogP contribution in [0.2, 0.25) is 0 Å². The molecule has 2 aromatic carbocycles. The Labute approximate surface area is 193 Å². The summed E-state index contributed by atoms with van der Waals surface area (Å²) in [5.74, 6) is 1.64. The van der Waals surface area contributed by atoms with Gasteiger partial charge < -0.3 is 14.8 Å². The first-order valence-electron chi connectivity index (χ1n) is 11.3. The number of piperazine rings is 1. The summed E-state index contributed by atoms with van der Waals surface area (Å²) in [6, 6.07) is 16.1. The van der Waals surface area contributed by atoms with Crippen LogP contribution in [0, 0.1) is 13.8 Å². The van der Waals surface area contributed by atoms with Crippen LogP contribution in [0.15, 0.2) is 48.5 Å². The molecule has 0 unspecified atom stereocenters. The zero-order chi connectivity index (χ0) is 22.8. The number of nitrogens with zero attached hydrogens (tertiary/aromatic N) is 4. The van der Waals surface area contributed by atoms with Crippen molar-refractivity contribution in [2.24, 2.45) is 0 Å². The minimum atomic E-state index is -0.00182. The normalized spacial score (nSPS) is 16.2.